The van der Waals surface area contributed by atoms with Crippen LogP contribution in [0.2, 0.25) is 5.15 Å². The lowest BCUT2D eigenvalue weighted by atomic mass is 10.0. The number of hydrogen-bond donors (Lipinski definition) is 1. The second kappa shape index (κ2) is 5.85. The summed E-state index contributed by atoms with van der Waals surface area (Å²) in [7, 11) is 3.42. The minimum absolute atomic E-state index is 0.435. The maximum atomic E-state index is 10.4. The number of aliphatic hydroxyl groups is 1. The predicted octanol–water partition coefficient (Wildman–Crippen LogP) is 2.98. The number of nitrogens with zero attached hydrogens (tertiary/aromatic N) is 2. The monoisotopic (exact) mass is 294 g/mol. The Kier molecular flexibility index (Phi) is 4.35. The van der Waals surface area contributed by atoms with E-state index in [1.807, 2.05) is 32.0 Å². The normalized spacial score (nSPS) is 12.5. The summed E-state index contributed by atoms with van der Waals surface area (Å²) >= 11 is 6.19. The summed E-state index contributed by atoms with van der Waals surface area (Å²) in [6, 6.07) is 5.71. The first-order valence-electron chi connectivity index (χ1n) is 6.44. The van der Waals surface area contributed by atoms with Crippen molar-refractivity contribution >= 4 is 11.6 Å². The third kappa shape index (κ3) is 2.81. The van der Waals surface area contributed by atoms with Crippen LogP contribution in [0.15, 0.2) is 18.2 Å². The lowest BCUT2D eigenvalue weighted by Gasteiger charge is -2.13. The summed E-state index contributed by atoms with van der Waals surface area (Å²) in [5.74, 6) is 0.774. The summed E-state index contributed by atoms with van der Waals surface area (Å²) < 4.78 is 6.90. The second-order valence-electron chi connectivity index (χ2n) is 4.93. The van der Waals surface area contributed by atoms with Crippen molar-refractivity contribution in [2.24, 2.45) is 7.05 Å². The molecule has 1 aromatic carbocycles. The minimum atomic E-state index is -0.634. The van der Waals surface area contributed by atoms with E-state index in [0.29, 0.717) is 11.6 Å². The zero-order chi connectivity index (χ0) is 14.9. The summed E-state index contributed by atoms with van der Waals surface area (Å²) in [6.07, 6.45) is -0.199. The van der Waals surface area contributed by atoms with Gasteiger partial charge in [-0.05, 0) is 31.0 Å². The Morgan fingerprint density at radius 2 is 2.10 bits per heavy atom. The van der Waals surface area contributed by atoms with Crippen molar-refractivity contribution in [3.8, 4) is 5.75 Å². The molecule has 0 aliphatic heterocycles. The fourth-order valence-electron chi connectivity index (χ4n) is 2.26. The molecule has 0 saturated carbocycles. The number of benzene rings is 1. The Hall–Kier alpha value is -1.52. The van der Waals surface area contributed by atoms with Crippen LogP contribution in [0.5, 0.6) is 5.75 Å². The molecule has 0 radical (unpaired) electrons. The van der Waals surface area contributed by atoms with Crippen LogP contribution >= 0.6 is 11.6 Å². The number of hydrogen-bond acceptors (Lipinski definition) is 3. The summed E-state index contributed by atoms with van der Waals surface area (Å²) in [6.45, 7) is 3.86. The first-order valence-corrected chi connectivity index (χ1v) is 6.82. The van der Waals surface area contributed by atoms with Crippen LogP contribution in [0, 0.1) is 13.8 Å². The molecule has 1 unspecified atom stereocenters. The van der Waals surface area contributed by atoms with Crippen molar-refractivity contribution in [3.63, 3.8) is 0 Å². The molecule has 0 fully saturated rings. The molecule has 2 rings (SSSR count). The van der Waals surface area contributed by atoms with Crippen molar-refractivity contribution < 1.29 is 9.84 Å². The van der Waals surface area contributed by atoms with Gasteiger partial charge in [-0.3, -0.25) is 4.68 Å². The Morgan fingerprint density at radius 1 is 1.40 bits per heavy atom. The van der Waals surface area contributed by atoms with Crippen molar-refractivity contribution in [3.05, 3.63) is 45.7 Å². The van der Waals surface area contributed by atoms with Crippen LogP contribution in [0.3, 0.4) is 0 Å². The first-order chi connectivity index (χ1) is 9.43. The van der Waals surface area contributed by atoms with Gasteiger partial charge in [0, 0.05) is 19.0 Å². The highest BCUT2D eigenvalue weighted by Gasteiger charge is 2.17. The molecular formula is C15H19ClN2O2. The van der Waals surface area contributed by atoms with E-state index in [0.717, 1.165) is 28.1 Å². The molecule has 1 heterocycles. The van der Waals surface area contributed by atoms with E-state index in [2.05, 4.69) is 5.10 Å². The number of aromatic nitrogens is 2. The molecule has 0 aliphatic carbocycles. The molecule has 4 nitrogen and oxygen atoms in total. The number of ether oxygens (including phenoxy) is 1. The van der Waals surface area contributed by atoms with Crippen LogP contribution in [0.4, 0.5) is 0 Å². The maximum Gasteiger partial charge on any atom is 0.130 e. The largest absolute Gasteiger partial charge is 0.496 e. The van der Waals surface area contributed by atoms with Gasteiger partial charge in [-0.25, -0.2) is 0 Å². The Balaban J connectivity index is 2.26. The zero-order valence-electron chi connectivity index (χ0n) is 12.1. The van der Waals surface area contributed by atoms with Gasteiger partial charge in [0.25, 0.3) is 0 Å². The quantitative estimate of drug-likeness (QED) is 0.943. The Morgan fingerprint density at radius 3 is 2.65 bits per heavy atom. The van der Waals surface area contributed by atoms with Gasteiger partial charge in [-0.1, -0.05) is 23.7 Å². The van der Waals surface area contributed by atoms with Gasteiger partial charge in [0.15, 0.2) is 0 Å². The Bertz CT molecular complexity index is 623. The molecule has 0 aliphatic rings. The van der Waals surface area contributed by atoms with Crippen LogP contribution < -0.4 is 4.74 Å². The second-order valence-corrected chi connectivity index (χ2v) is 5.29. The molecule has 0 amide bonds. The number of aliphatic hydroxyl groups excluding tert-OH is 1. The highest BCUT2D eigenvalue weighted by molar-refractivity contribution is 6.30. The molecule has 0 spiro atoms. The van der Waals surface area contributed by atoms with E-state index in [-0.39, 0.29) is 0 Å². The van der Waals surface area contributed by atoms with Gasteiger partial charge in [-0.15, -0.1) is 0 Å². The van der Waals surface area contributed by atoms with Crippen LogP contribution in [-0.2, 0) is 13.5 Å². The highest BCUT2D eigenvalue weighted by atomic mass is 35.5. The number of aryl methyl sites for hydroxylation is 3. The highest BCUT2D eigenvalue weighted by Crippen LogP contribution is 2.28. The van der Waals surface area contributed by atoms with E-state index in [4.69, 9.17) is 16.3 Å². The molecule has 1 N–H and O–H groups in total. The van der Waals surface area contributed by atoms with Crippen molar-refractivity contribution in [1.29, 1.82) is 0 Å². The van der Waals surface area contributed by atoms with Crippen molar-refractivity contribution in [2.75, 3.05) is 7.11 Å². The molecule has 1 atom stereocenters. The fourth-order valence-corrected chi connectivity index (χ4v) is 2.51. The SMILES string of the molecule is COc1cc(C(O)Cc2c(C)nn(C)c2Cl)ccc1C. The number of halogens is 1. The Labute approximate surface area is 123 Å². The smallest absolute Gasteiger partial charge is 0.130 e. The number of methoxy groups -OCH3 is 1. The van der Waals surface area contributed by atoms with Gasteiger partial charge < -0.3 is 9.84 Å². The van der Waals surface area contributed by atoms with E-state index in [1.165, 1.54) is 0 Å². The summed E-state index contributed by atoms with van der Waals surface area (Å²) in [5, 5.41) is 15.2. The van der Waals surface area contributed by atoms with E-state index >= 15 is 0 Å². The van der Waals surface area contributed by atoms with Crippen molar-refractivity contribution in [2.45, 2.75) is 26.4 Å². The minimum Gasteiger partial charge on any atom is -0.496 e. The molecule has 20 heavy (non-hydrogen) atoms. The van der Waals surface area contributed by atoms with Crippen LogP contribution in [0.1, 0.15) is 28.5 Å². The summed E-state index contributed by atoms with van der Waals surface area (Å²) in [4.78, 5) is 0. The molecule has 0 bridgehead atoms. The molecule has 2 aromatic rings. The topological polar surface area (TPSA) is 47.3 Å². The molecule has 5 heteroatoms. The van der Waals surface area contributed by atoms with Crippen LogP contribution in [0.25, 0.3) is 0 Å². The molecule has 0 saturated heterocycles. The number of rotatable bonds is 4. The lowest BCUT2D eigenvalue weighted by Crippen LogP contribution is -2.03. The predicted molar refractivity (Wildman–Crippen MR) is 79.3 cm³/mol. The third-order valence-corrected chi connectivity index (χ3v) is 3.96. The first kappa shape index (κ1) is 14.9. The van der Waals surface area contributed by atoms with E-state index in [9.17, 15) is 5.11 Å². The molecule has 108 valence electrons. The van der Waals surface area contributed by atoms with Gasteiger partial charge in [-0.2, -0.15) is 5.10 Å². The van der Waals surface area contributed by atoms with Crippen LogP contribution in [-0.4, -0.2) is 22.0 Å². The average molecular weight is 295 g/mol. The maximum absolute atomic E-state index is 10.4. The standard InChI is InChI=1S/C15H19ClN2O2/c1-9-5-6-11(7-14(9)20-4)13(19)8-12-10(2)17-18(3)15(12)16/h5-7,13,19H,8H2,1-4H3. The van der Waals surface area contributed by atoms with Gasteiger partial charge >= 0.3 is 0 Å². The molecule has 1 aromatic heterocycles. The average Bonchev–Trinajstić information content (AvgIpc) is 2.66. The fraction of sp³-hybridized carbons (Fsp3) is 0.400. The zero-order valence-corrected chi connectivity index (χ0v) is 12.9. The molecular weight excluding hydrogens is 276 g/mol. The third-order valence-electron chi connectivity index (χ3n) is 3.48. The lowest BCUT2D eigenvalue weighted by molar-refractivity contribution is 0.178. The van der Waals surface area contributed by atoms with E-state index in [1.54, 1.807) is 18.8 Å². The van der Waals surface area contributed by atoms with Gasteiger partial charge in [0.1, 0.15) is 10.9 Å². The van der Waals surface area contributed by atoms with E-state index < -0.39 is 6.10 Å². The van der Waals surface area contributed by atoms with Gasteiger partial charge in [0.05, 0.1) is 18.9 Å². The summed E-state index contributed by atoms with van der Waals surface area (Å²) in [5.41, 5.74) is 3.57. The van der Waals surface area contributed by atoms with Crippen molar-refractivity contribution in [1.82, 2.24) is 9.78 Å². The van der Waals surface area contributed by atoms with Gasteiger partial charge in [0.2, 0.25) is 0 Å².